The van der Waals surface area contributed by atoms with Crippen molar-refractivity contribution >= 4 is 33.2 Å². The third-order valence-corrected chi connectivity index (χ3v) is 6.18. The molecule has 8 heteroatoms. The Balaban J connectivity index is 1.85. The number of hydrogen-bond donors (Lipinski definition) is 2. The molecule has 0 aliphatic heterocycles. The monoisotopic (exact) mass is 418 g/mol. The average Bonchev–Trinajstić information content (AvgIpc) is 3.17. The fraction of sp³-hybridized carbons (Fsp3) is 0.150. The fourth-order valence-corrected chi connectivity index (χ4v) is 4.24. The minimum Gasteiger partial charge on any atom is -0.467 e. The highest BCUT2D eigenvalue weighted by Crippen LogP contribution is 2.27. The number of rotatable bonds is 6. The van der Waals surface area contributed by atoms with E-state index in [4.69, 9.17) is 16.0 Å². The van der Waals surface area contributed by atoms with Gasteiger partial charge in [-0.1, -0.05) is 23.7 Å². The van der Waals surface area contributed by atoms with Gasteiger partial charge < -0.3 is 9.73 Å². The second-order valence-electron chi connectivity index (χ2n) is 6.26. The Kier molecular flexibility index (Phi) is 5.76. The van der Waals surface area contributed by atoms with E-state index in [0.29, 0.717) is 11.4 Å². The van der Waals surface area contributed by atoms with Crippen molar-refractivity contribution < 1.29 is 17.6 Å². The van der Waals surface area contributed by atoms with Gasteiger partial charge in [0.25, 0.3) is 15.9 Å². The van der Waals surface area contributed by atoms with E-state index in [2.05, 4.69) is 10.0 Å². The van der Waals surface area contributed by atoms with E-state index < -0.39 is 15.9 Å². The molecule has 2 N–H and O–H groups in total. The number of aryl methyl sites for hydroxylation is 1. The molecule has 0 fully saturated rings. The summed E-state index contributed by atoms with van der Waals surface area (Å²) in [6, 6.07) is 12.9. The lowest BCUT2D eigenvalue weighted by atomic mass is 10.1. The van der Waals surface area contributed by atoms with Crippen LogP contribution in [0.4, 0.5) is 5.69 Å². The van der Waals surface area contributed by atoms with Crippen molar-refractivity contribution in [3.8, 4) is 0 Å². The molecule has 1 aromatic heterocycles. The van der Waals surface area contributed by atoms with E-state index in [1.807, 2.05) is 19.9 Å². The molecule has 0 unspecified atom stereocenters. The Morgan fingerprint density at radius 3 is 2.61 bits per heavy atom. The minimum absolute atomic E-state index is 0.0281. The smallest absolute Gasteiger partial charge is 0.263 e. The van der Waals surface area contributed by atoms with Crippen molar-refractivity contribution in [2.24, 2.45) is 0 Å². The van der Waals surface area contributed by atoms with Gasteiger partial charge in [-0.15, -0.1) is 0 Å². The second-order valence-corrected chi connectivity index (χ2v) is 8.32. The molecule has 1 amide bonds. The number of benzene rings is 2. The van der Waals surface area contributed by atoms with Gasteiger partial charge in [0.1, 0.15) is 10.7 Å². The van der Waals surface area contributed by atoms with Crippen molar-refractivity contribution in [1.29, 1.82) is 0 Å². The first-order valence-corrected chi connectivity index (χ1v) is 10.3. The van der Waals surface area contributed by atoms with E-state index in [1.165, 1.54) is 24.5 Å². The van der Waals surface area contributed by atoms with E-state index in [0.717, 1.165) is 11.1 Å². The van der Waals surface area contributed by atoms with Gasteiger partial charge >= 0.3 is 0 Å². The van der Waals surface area contributed by atoms with Crippen LogP contribution in [-0.2, 0) is 16.6 Å². The topological polar surface area (TPSA) is 88.4 Å². The van der Waals surface area contributed by atoms with Crippen LogP contribution in [0.3, 0.4) is 0 Å². The highest BCUT2D eigenvalue weighted by Gasteiger charge is 2.21. The van der Waals surface area contributed by atoms with Gasteiger partial charge in [0.05, 0.1) is 23.5 Å². The third-order valence-electron chi connectivity index (χ3n) is 4.34. The molecule has 0 radical (unpaired) electrons. The number of halogens is 1. The molecule has 0 atom stereocenters. The second kappa shape index (κ2) is 8.08. The number of amides is 1. The van der Waals surface area contributed by atoms with Crippen LogP contribution < -0.4 is 10.0 Å². The summed E-state index contributed by atoms with van der Waals surface area (Å²) >= 11 is 6.12. The van der Waals surface area contributed by atoms with Crippen molar-refractivity contribution in [2.75, 3.05) is 4.72 Å². The molecule has 0 saturated carbocycles. The Labute approximate surface area is 168 Å². The molecule has 146 valence electrons. The lowest BCUT2D eigenvalue weighted by Gasteiger charge is -2.14. The fourth-order valence-electron chi connectivity index (χ4n) is 2.59. The van der Waals surface area contributed by atoms with Crippen LogP contribution >= 0.6 is 11.6 Å². The van der Waals surface area contributed by atoms with Crippen LogP contribution in [0.25, 0.3) is 0 Å². The van der Waals surface area contributed by atoms with Crippen molar-refractivity contribution in [1.82, 2.24) is 5.32 Å². The number of carbonyl (C=O) groups excluding carboxylic acids is 1. The maximum Gasteiger partial charge on any atom is 0.263 e. The number of sulfonamides is 1. The van der Waals surface area contributed by atoms with Gasteiger partial charge in [-0.25, -0.2) is 8.42 Å². The Bertz CT molecular complexity index is 1110. The maximum atomic E-state index is 12.9. The van der Waals surface area contributed by atoms with Crippen LogP contribution in [0.1, 0.15) is 27.2 Å². The molecule has 1 heterocycles. The zero-order chi connectivity index (χ0) is 20.3. The molecule has 0 aliphatic rings. The van der Waals surface area contributed by atoms with Crippen LogP contribution in [0.15, 0.2) is 64.1 Å². The molecular formula is C20H19ClN2O4S. The number of hydrogen-bond acceptors (Lipinski definition) is 4. The van der Waals surface area contributed by atoms with Crippen LogP contribution in [0.2, 0.25) is 5.02 Å². The Morgan fingerprint density at radius 1 is 1.11 bits per heavy atom. The third kappa shape index (κ3) is 4.37. The standard InChI is InChI=1S/C20H19ClN2O4S/c1-13-5-3-7-18(14(13)2)23-28(25,26)19-11-15(8-9-17(19)21)20(24)22-12-16-6-4-10-27-16/h3-11,23H,12H2,1-2H3,(H,22,24). The number of anilines is 1. The molecule has 3 rings (SSSR count). The number of nitrogens with one attached hydrogen (secondary N) is 2. The average molecular weight is 419 g/mol. The first kappa shape index (κ1) is 20.0. The summed E-state index contributed by atoms with van der Waals surface area (Å²) < 4.78 is 33.4. The molecule has 3 aromatic rings. The van der Waals surface area contributed by atoms with Gasteiger partial charge in [0.2, 0.25) is 0 Å². The predicted molar refractivity (Wildman–Crippen MR) is 108 cm³/mol. The summed E-state index contributed by atoms with van der Waals surface area (Å²) in [4.78, 5) is 12.2. The van der Waals surface area contributed by atoms with Crippen molar-refractivity contribution in [2.45, 2.75) is 25.3 Å². The van der Waals surface area contributed by atoms with Gasteiger partial charge in [0, 0.05) is 5.56 Å². The maximum absolute atomic E-state index is 12.9. The Hall–Kier alpha value is -2.77. The van der Waals surface area contributed by atoms with E-state index in [-0.39, 0.29) is 22.0 Å². The molecule has 6 nitrogen and oxygen atoms in total. The van der Waals surface area contributed by atoms with Crippen LogP contribution in [-0.4, -0.2) is 14.3 Å². The minimum atomic E-state index is -3.98. The van der Waals surface area contributed by atoms with Gasteiger partial charge in [-0.2, -0.15) is 0 Å². The molecule has 0 bridgehead atoms. The van der Waals surface area contributed by atoms with Crippen molar-refractivity contribution in [3.05, 3.63) is 82.3 Å². The first-order valence-electron chi connectivity index (χ1n) is 8.47. The van der Waals surface area contributed by atoms with Gasteiger partial charge in [-0.05, 0) is 61.4 Å². The predicted octanol–water partition coefficient (Wildman–Crippen LogP) is 4.28. The molecule has 0 saturated heterocycles. The molecule has 0 spiro atoms. The largest absolute Gasteiger partial charge is 0.467 e. The normalized spacial score (nSPS) is 11.2. The molecule has 28 heavy (non-hydrogen) atoms. The summed E-state index contributed by atoms with van der Waals surface area (Å²) in [5, 5.41) is 2.70. The number of carbonyl (C=O) groups is 1. The van der Waals surface area contributed by atoms with Gasteiger partial charge in [0.15, 0.2) is 0 Å². The summed E-state index contributed by atoms with van der Waals surface area (Å²) in [5.41, 5.74) is 2.41. The summed E-state index contributed by atoms with van der Waals surface area (Å²) in [5.74, 6) is 0.156. The zero-order valence-corrected chi connectivity index (χ0v) is 16.9. The first-order chi connectivity index (χ1) is 13.3. The molecule has 2 aromatic carbocycles. The van der Waals surface area contributed by atoms with E-state index in [9.17, 15) is 13.2 Å². The van der Waals surface area contributed by atoms with E-state index >= 15 is 0 Å². The molecular weight excluding hydrogens is 400 g/mol. The highest BCUT2D eigenvalue weighted by atomic mass is 35.5. The number of furan rings is 1. The quantitative estimate of drug-likeness (QED) is 0.625. The zero-order valence-electron chi connectivity index (χ0n) is 15.3. The summed E-state index contributed by atoms with van der Waals surface area (Å²) in [7, 11) is -3.98. The Morgan fingerprint density at radius 2 is 1.89 bits per heavy atom. The highest BCUT2D eigenvalue weighted by molar-refractivity contribution is 7.92. The van der Waals surface area contributed by atoms with Gasteiger partial charge in [-0.3, -0.25) is 9.52 Å². The van der Waals surface area contributed by atoms with Crippen LogP contribution in [0.5, 0.6) is 0 Å². The SMILES string of the molecule is Cc1cccc(NS(=O)(=O)c2cc(C(=O)NCc3ccco3)ccc2Cl)c1C. The summed E-state index contributed by atoms with van der Waals surface area (Å²) in [6.45, 7) is 3.91. The van der Waals surface area contributed by atoms with Crippen molar-refractivity contribution in [3.63, 3.8) is 0 Å². The van der Waals surface area contributed by atoms with Crippen LogP contribution in [0, 0.1) is 13.8 Å². The lowest BCUT2D eigenvalue weighted by molar-refractivity contribution is 0.0948. The van der Waals surface area contributed by atoms with E-state index in [1.54, 1.807) is 24.3 Å². The lowest BCUT2D eigenvalue weighted by Crippen LogP contribution is -2.23. The summed E-state index contributed by atoms with van der Waals surface area (Å²) in [6.07, 6.45) is 1.51. The molecule has 0 aliphatic carbocycles.